The minimum Gasteiger partial charge on any atom is -0.463 e. The number of rotatable bonds is 8. The number of carbonyl (C=O) groups is 1. The number of unbranched alkanes of at least 4 members (excludes halogenated alkanes) is 3. The normalized spacial score (nSPS) is 10.1. The van der Waals surface area contributed by atoms with E-state index in [-0.39, 0.29) is 5.97 Å². The Morgan fingerprint density at radius 1 is 1.37 bits per heavy atom. The van der Waals surface area contributed by atoms with E-state index < -0.39 is 0 Å². The molecule has 0 radical (unpaired) electrons. The predicted octanol–water partition coefficient (Wildman–Crippen LogP) is 3.56. The summed E-state index contributed by atoms with van der Waals surface area (Å²) in [7, 11) is 0. The number of nitrogens with one attached hydrogen (secondary N) is 1. The zero-order chi connectivity index (χ0) is 14.1. The van der Waals surface area contributed by atoms with E-state index in [4.69, 9.17) is 29.2 Å². The average Bonchev–Trinajstić information content (AvgIpc) is 2.39. The lowest BCUT2D eigenvalue weighted by Gasteiger charge is -2.06. The van der Waals surface area contributed by atoms with Crippen LogP contribution in [0.25, 0.3) is 0 Å². The molecule has 0 saturated heterocycles. The zero-order valence-electron chi connectivity index (χ0n) is 10.8. The first kappa shape index (κ1) is 15.8. The third kappa shape index (κ3) is 6.45. The van der Waals surface area contributed by atoms with Gasteiger partial charge in [-0.2, -0.15) is 0 Å². The van der Waals surface area contributed by atoms with Crippen molar-refractivity contribution in [2.24, 2.45) is 0 Å². The van der Waals surface area contributed by atoms with Crippen LogP contribution in [0.2, 0.25) is 0 Å². The smallest absolute Gasteiger partial charge is 0.330 e. The molecule has 0 spiro atoms. The van der Waals surface area contributed by atoms with E-state index >= 15 is 0 Å². The van der Waals surface area contributed by atoms with E-state index in [1.807, 2.05) is 16.8 Å². The summed E-state index contributed by atoms with van der Waals surface area (Å²) >= 11 is 10.2. The number of hydrogen-bond donors (Lipinski definition) is 1. The van der Waals surface area contributed by atoms with Gasteiger partial charge in [0.05, 0.1) is 6.61 Å². The quantitative estimate of drug-likeness (QED) is 0.345. The molecule has 0 aliphatic rings. The van der Waals surface area contributed by atoms with Gasteiger partial charge in [0.2, 0.25) is 0 Å². The Labute approximate surface area is 123 Å². The molecule has 4 nitrogen and oxygen atoms in total. The van der Waals surface area contributed by atoms with E-state index in [1.165, 1.54) is 6.08 Å². The Morgan fingerprint density at radius 3 is 2.79 bits per heavy atom. The molecule has 0 fully saturated rings. The summed E-state index contributed by atoms with van der Waals surface area (Å²) in [5.41, 5.74) is 0. The van der Waals surface area contributed by atoms with Crippen molar-refractivity contribution in [2.75, 3.05) is 6.61 Å². The molecule has 1 N–H and O–H groups in total. The maximum absolute atomic E-state index is 10.8. The maximum Gasteiger partial charge on any atom is 0.330 e. The highest BCUT2D eigenvalue weighted by molar-refractivity contribution is 7.72. The average molecular weight is 298 g/mol. The van der Waals surface area contributed by atoms with E-state index in [2.05, 4.69) is 11.6 Å². The molecule has 1 rings (SSSR count). The Balaban J connectivity index is 2.14. The lowest BCUT2D eigenvalue weighted by atomic mass is 10.2. The monoisotopic (exact) mass is 298 g/mol. The zero-order valence-corrected chi connectivity index (χ0v) is 12.4. The molecule has 1 aromatic heterocycles. The minimum atomic E-state index is -0.356. The highest BCUT2D eigenvalue weighted by atomic mass is 32.1. The van der Waals surface area contributed by atoms with Crippen LogP contribution in [0.15, 0.2) is 24.9 Å². The summed E-state index contributed by atoms with van der Waals surface area (Å²) in [6, 6.07) is 1.83. The van der Waals surface area contributed by atoms with Crippen molar-refractivity contribution in [3.05, 3.63) is 34.3 Å². The van der Waals surface area contributed by atoms with Crippen molar-refractivity contribution in [2.45, 2.75) is 32.2 Å². The number of esters is 1. The Kier molecular flexibility index (Phi) is 7.28. The number of aryl methyl sites for hydroxylation is 1. The fourth-order valence-electron chi connectivity index (χ4n) is 1.59. The van der Waals surface area contributed by atoms with Gasteiger partial charge in [-0.15, -0.1) is 0 Å². The maximum atomic E-state index is 10.8. The number of nitrogens with zero attached hydrogens (tertiary/aromatic N) is 1. The number of hydrogen-bond acceptors (Lipinski definition) is 4. The molecule has 1 aromatic rings. The molecule has 1 heterocycles. The van der Waals surface area contributed by atoms with Gasteiger partial charge in [0.25, 0.3) is 0 Å². The molecule has 0 atom stereocenters. The van der Waals surface area contributed by atoms with Crippen LogP contribution in [0, 0.1) is 9.41 Å². The number of ether oxygens (including phenoxy) is 1. The van der Waals surface area contributed by atoms with Crippen molar-refractivity contribution >= 4 is 30.4 Å². The molecule has 0 bridgehead atoms. The first-order valence-electron chi connectivity index (χ1n) is 6.22. The third-order valence-electron chi connectivity index (χ3n) is 2.60. The molecular weight excluding hydrogens is 280 g/mol. The molecule has 0 unspecified atom stereocenters. The number of carbonyl (C=O) groups excluding carboxylic acids is 1. The summed E-state index contributed by atoms with van der Waals surface area (Å²) in [6.07, 6.45) is 7.11. The first-order chi connectivity index (χ1) is 9.13. The fraction of sp³-hybridized carbons (Fsp3) is 0.462. The summed E-state index contributed by atoms with van der Waals surface area (Å²) in [6.45, 7) is 4.67. The van der Waals surface area contributed by atoms with Crippen LogP contribution in [0.5, 0.6) is 0 Å². The summed E-state index contributed by atoms with van der Waals surface area (Å²) in [5, 5.41) is 0. The van der Waals surface area contributed by atoms with E-state index in [1.54, 1.807) is 0 Å². The van der Waals surface area contributed by atoms with Gasteiger partial charge in [-0.3, -0.25) is 0 Å². The van der Waals surface area contributed by atoms with Gasteiger partial charge in [-0.1, -0.05) is 25.2 Å². The fourth-order valence-corrected chi connectivity index (χ4v) is 2.07. The Morgan fingerprint density at radius 2 is 2.11 bits per heavy atom. The van der Waals surface area contributed by atoms with Crippen LogP contribution >= 0.6 is 24.4 Å². The number of aromatic amines is 1. The second kappa shape index (κ2) is 8.77. The van der Waals surface area contributed by atoms with Crippen molar-refractivity contribution in [3.8, 4) is 0 Å². The summed E-state index contributed by atoms with van der Waals surface area (Å²) in [4.78, 5) is 13.7. The number of aromatic nitrogens is 2. The van der Waals surface area contributed by atoms with Crippen molar-refractivity contribution in [3.63, 3.8) is 0 Å². The molecule has 104 valence electrons. The Bertz CT molecular complexity index is 534. The second-order valence-corrected chi connectivity index (χ2v) is 4.92. The van der Waals surface area contributed by atoms with Gasteiger partial charge in [0.1, 0.15) is 4.64 Å². The van der Waals surface area contributed by atoms with Crippen LogP contribution in [-0.2, 0) is 16.1 Å². The summed E-state index contributed by atoms with van der Waals surface area (Å²) < 4.78 is 8.19. The largest absolute Gasteiger partial charge is 0.463 e. The van der Waals surface area contributed by atoms with E-state index in [0.717, 1.165) is 32.2 Å². The van der Waals surface area contributed by atoms with Gasteiger partial charge in [0, 0.05) is 18.8 Å². The molecular formula is C13H18N2O2S2. The highest BCUT2D eigenvalue weighted by Gasteiger charge is 1.96. The van der Waals surface area contributed by atoms with Gasteiger partial charge < -0.3 is 14.3 Å². The van der Waals surface area contributed by atoms with Crippen molar-refractivity contribution < 1.29 is 9.53 Å². The van der Waals surface area contributed by atoms with Gasteiger partial charge in [-0.05, 0) is 37.5 Å². The lowest BCUT2D eigenvalue weighted by molar-refractivity contribution is -0.137. The Hall–Kier alpha value is -1.27. The molecule has 6 heteroatoms. The van der Waals surface area contributed by atoms with Gasteiger partial charge in [0.15, 0.2) is 4.77 Å². The predicted molar refractivity (Wildman–Crippen MR) is 80.1 cm³/mol. The van der Waals surface area contributed by atoms with Crippen LogP contribution in [0.1, 0.15) is 25.7 Å². The van der Waals surface area contributed by atoms with Crippen LogP contribution in [0.3, 0.4) is 0 Å². The number of H-pyrrole nitrogens is 1. The van der Waals surface area contributed by atoms with Gasteiger partial charge >= 0.3 is 5.97 Å². The first-order valence-corrected chi connectivity index (χ1v) is 7.04. The van der Waals surface area contributed by atoms with Crippen LogP contribution in [0.4, 0.5) is 0 Å². The molecule has 0 amide bonds. The molecule has 0 saturated carbocycles. The molecule has 0 aliphatic heterocycles. The van der Waals surface area contributed by atoms with Crippen molar-refractivity contribution in [1.29, 1.82) is 0 Å². The van der Waals surface area contributed by atoms with E-state index in [0.29, 0.717) is 16.0 Å². The second-order valence-electron chi connectivity index (χ2n) is 4.09. The topological polar surface area (TPSA) is 47.0 Å². The molecule has 0 aliphatic carbocycles. The minimum absolute atomic E-state index is 0.356. The van der Waals surface area contributed by atoms with Crippen LogP contribution < -0.4 is 0 Å². The third-order valence-corrected chi connectivity index (χ3v) is 3.18. The molecule has 0 aromatic carbocycles. The molecule has 19 heavy (non-hydrogen) atoms. The SMILES string of the molecule is C=CC(=O)OCCCCCCn1ccc(=S)[nH]c1=S. The van der Waals surface area contributed by atoms with E-state index in [9.17, 15) is 4.79 Å². The summed E-state index contributed by atoms with van der Waals surface area (Å²) in [5.74, 6) is -0.356. The standard InChI is InChI=1S/C13H18N2O2S2/c1-2-12(16)17-10-6-4-3-5-8-15-9-7-11(18)14-13(15)19/h2,7,9H,1,3-6,8,10H2,(H,14,18,19). The highest BCUT2D eigenvalue weighted by Crippen LogP contribution is 2.03. The van der Waals surface area contributed by atoms with Gasteiger partial charge in [-0.25, -0.2) is 4.79 Å². The van der Waals surface area contributed by atoms with Crippen molar-refractivity contribution in [1.82, 2.24) is 9.55 Å². The van der Waals surface area contributed by atoms with Crippen LogP contribution in [-0.4, -0.2) is 22.1 Å². The lowest BCUT2D eigenvalue weighted by Crippen LogP contribution is -2.03.